The first-order valence-electron chi connectivity index (χ1n) is 3.12. The SMILES string of the molecule is [CH2]c1ccc(Cl)c(N[SH](=O)=O)c1. The van der Waals surface area contributed by atoms with Gasteiger partial charge in [0.1, 0.15) is 0 Å². The number of thiol groups is 1. The first-order valence-corrected chi connectivity index (χ1v) is 4.67. The van der Waals surface area contributed by atoms with Crippen LogP contribution in [0.5, 0.6) is 0 Å². The molecule has 0 unspecified atom stereocenters. The summed E-state index contributed by atoms with van der Waals surface area (Å²) in [6, 6.07) is 4.85. The van der Waals surface area contributed by atoms with Gasteiger partial charge in [-0.25, -0.2) is 8.42 Å². The van der Waals surface area contributed by atoms with Gasteiger partial charge in [0.05, 0.1) is 10.7 Å². The van der Waals surface area contributed by atoms with Crippen LogP contribution < -0.4 is 4.72 Å². The molecular formula is C7H7ClNO2S. The molecule has 1 aromatic rings. The van der Waals surface area contributed by atoms with Crippen LogP contribution in [-0.4, -0.2) is 8.42 Å². The van der Waals surface area contributed by atoms with E-state index in [1.807, 2.05) is 0 Å². The van der Waals surface area contributed by atoms with Crippen LogP contribution in [0, 0.1) is 6.92 Å². The van der Waals surface area contributed by atoms with Crippen molar-refractivity contribution in [3.8, 4) is 0 Å². The Labute approximate surface area is 77.4 Å². The zero-order chi connectivity index (χ0) is 9.14. The lowest BCUT2D eigenvalue weighted by atomic mass is 10.2. The van der Waals surface area contributed by atoms with Crippen LogP contribution in [0.2, 0.25) is 5.02 Å². The van der Waals surface area contributed by atoms with E-state index in [-0.39, 0.29) is 0 Å². The van der Waals surface area contributed by atoms with E-state index in [2.05, 4.69) is 11.6 Å². The summed E-state index contributed by atoms with van der Waals surface area (Å²) in [5.74, 6) is 0. The Balaban J connectivity index is 3.05. The van der Waals surface area contributed by atoms with Gasteiger partial charge >= 0.3 is 0 Å². The van der Waals surface area contributed by atoms with Gasteiger partial charge in [-0.3, -0.25) is 4.72 Å². The third kappa shape index (κ3) is 2.39. The topological polar surface area (TPSA) is 46.2 Å². The Hall–Kier alpha value is -0.740. The molecule has 0 saturated carbocycles. The van der Waals surface area contributed by atoms with E-state index in [1.165, 1.54) is 0 Å². The molecule has 0 saturated heterocycles. The number of anilines is 1. The van der Waals surface area contributed by atoms with Gasteiger partial charge in [0, 0.05) is 0 Å². The summed E-state index contributed by atoms with van der Waals surface area (Å²) in [7, 11) is -2.67. The van der Waals surface area contributed by atoms with Gasteiger partial charge in [-0.1, -0.05) is 17.7 Å². The Morgan fingerprint density at radius 2 is 2.08 bits per heavy atom. The summed E-state index contributed by atoms with van der Waals surface area (Å²) in [5.41, 5.74) is 1.07. The minimum Gasteiger partial charge on any atom is -0.284 e. The quantitative estimate of drug-likeness (QED) is 0.717. The van der Waals surface area contributed by atoms with Crippen molar-refractivity contribution in [2.75, 3.05) is 4.72 Å². The number of nitrogens with one attached hydrogen (secondary N) is 1. The van der Waals surface area contributed by atoms with Crippen molar-refractivity contribution >= 4 is 28.2 Å². The Morgan fingerprint density at radius 1 is 1.42 bits per heavy atom. The molecule has 1 aromatic carbocycles. The summed E-state index contributed by atoms with van der Waals surface area (Å²) in [4.78, 5) is 0. The maximum absolute atomic E-state index is 10.3. The molecular weight excluding hydrogens is 198 g/mol. The summed E-state index contributed by atoms with van der Waals surface area (Å²) in [6.45, 7) is 3.63. The number of benzene rings is 1. The van der Waals surface area contributed by atoms with Crippen molar-refractivity contribution in [1.29, 1.82) is 0 Å². The molecule has 0 fully saturated rings. The highest BCUT2D eigenvalue weighted by Gasteiger charge is 1.99. The van der Waals surface area contributed by atoms with Crippen molar-refractivity contribution in [2.45, 2.75) is 0 Å². The van der Waals surface area contributed by atoms with E-state index in [9.17, 15) is 8.42 Å². The summed E-state index contributed by atoms with van der Waals surface area (Å²) in [6.07, 6.45) is 0. The standard InChI is InChI=1S/C7H7ClNO2S/c1-5-2-3-6(8)7(4-5)9-12(10)11/h2-4,12H,1H2,(H,9,10,11). The minimum absolute atomic E-state index is 0.361. The monoisotopic (exact) mass is 204 g/mol. The number of rotatable bonds is 2. The van der Waals surface area contributed by atoms with E-state index in [0.29, 0.717) is 16.3 Å². The highest BCUT2D eigenvalue weighted by molar-refractivity contribution is 7.73. The van der Waals surface area contributed by atoms with Gasteiger partial charge < -0.3 is 0 Å². The van der Waals surface area contributed by atoms with Crippen molar-refractivity contribution in [3.63, 3.8) is 0 Å². The second kappa shape index (κ2) is 3.78. The fraction of sp³-hybridized carbons (Fsp3) is 0. The van der Waals surface area contributed by atoms with Gasteiger partial charge in [0.25, 0.3) is 0 Å². The zero-order valence-corrected chi connectivity index (χ0v) is 7.73. The van der Waals surface area contributed by atoms with E-state index in [0.717, 1.165) is 0 Å². The van der Waals surface area contributed by atoms with Gasteiger partial charge in [0.2, 0.25) is 10.9 Å². The van der Waals surface area contributed by atoms with Crippen LogP contribution in [0.4, 0.5) is 5.69 Å². The lowest BCUT2D eigenvalue weighted by molar-refractivity contribution is 0.619. The molecule has 0 aliphatic heterocycles. The Kier molecular flexibility index (Phi) is 2.94. The highest BCUT2D eigenvalue weighted by Crippen LogP contribution is 2.22. The molecule has 0 spiro atoms. The van der Waals surface area contributed by atoms with Crippen LogP contribution in [0.3, 0.4) is 0 Å². The largest absolute Gasteiger partial charge is 0.284 e. The summed E-state index contributed by atoms with van der Waals surface area (Å²) in [5, 5.41) is 0.363. The number of halogens is 1. The molecule has 3 nitrogen and oxygen atoms in total. The first-order chi connectivity index (χ1) is 5.59. The Bertz CT molecular complexity index is 354. The lowest BCUT2D eigenvalue weighted by Gasteiger charge is -2.02. The first kappa shape index (κ1) is 9.35. The fourth-order valence-corrected chi connectivity index (χ4v) is 1.37. The molecule has 0 aliphatic rings. The number of hydrogen-bond acceptors (Lipinski definition) is 2. The molecule has 0 bridgehead atoms. The normalized spacial score (nSPS) is 10.2. The smallest absolute Gasteiger partial charge is 0.222 e. The van der Waals surface area contributed by atoms with E-state index >= 15 is 0 Å². The molecule has 1 rings (SSSR count). The van der Waals surface area contributed by atoms with E-state index in [4.69, 9.17) is 11.6 Å². The molecule has 0 aromatic heterocycles. The predicted octanol–water partition coefficient (Wildman–Crippen LogP) is 1.46. The maximum Gasteiger partial charge on any atom is 0.222 e. The second-order valence-corrected chi connectivity index (χ2v) is 3.33. The lowest BCUT2D eigenvalue weighted by Crippen LogP contribution is -1.95. The third-order valence-corrected chi connectivity index (χ3v) is 2.00. The van der Waals surface area contributed by atoms with Crippen LogP contribution in [0.15, 0.2) is 18.2 Å². The fourth-order valence-electron chi connectivity index (χ4n) is 0.756. The van der Waals surface area contributed by atoms with E-state index < -0.39 is 10.9 Å². The summed E-state index contributed by atoms with van der Waals surface area (Å²) >= 11 is 5.68. The van der Waals surface area contributed by atoms with Crippen LogP contribution >= 0.6 is 11.6 Å². The predicted molar refractivity (Wildman–Crippen MR) is 49.8 cm³/mol. The van der Waals surface area contributed by atoms with E-state index in [1.54, 1.807) is 18.2 Å². The number of hydrogen-bond donors (Lipinski definition) is 2. The van der Waals surface area contributed by atoms with Gasteiger partial charge in [0.15, 0.2) is 0 Å². The summed E-state index contributed by atoms with van der Waals surface area (Å²) < 4.78 is 22.8. The third-order valence-electron chi connectivity index (χ3n) is 1.24. The highest BCUT2D eigenvalue weighted by atomic mass is 35.5. The van der Waals surface area contributed by atoms with Crippen molar-refractivity contribution in [3.05, 3.63) is 35.7 Å². The van der Waals surface area contributed by atoms with Gasteiger partial charge in [-0.05, 0) is 24.6 Å². The zero-order valence-electron chi connectivity index (χ0n) is 6.08. The molecule has 0 amide bonds. The van der Waals surface area contributed by atoms with Crippen molar-refractivity contribution in [1.82, 2.24) is 0 Å². The minimum atomic E-state index is -2.67. The molecule has 1 N–H and O–H groups in total. The molecule has 1 radical (unpaired) electrons. The molecule has 5 heteroatoms. The Morgan fingerprint density at radius 3 is 2.67 bits per heavy atom. The molecule has 65 valence electrons. The van der Waals surface area contributed by atoms with Gasteiger partial charge in [-0.2, -0.15) is 0 Å². The average Bonchev–Trinajstić information content (AvgIpc) is 1.96. The second-order valence-electron chi connectivity index (χ2n) is 2.18. The van der Waals surface area contributed by atoms with Crippen LogP contribution in [0.1, 0.15) is 5.56 Å². The molecule has 0 aliphatic carbocycles. The average molecular weight is 205 g/mol. The van der Waals surface area contributed by atoms with Crippen LogP contribution in [-0.2, 0) is 10.9 Å². The van der Waals surface area contributed by atoms with Crippen molar-refractivity contribution < 1.29 is 8.42 Å². The van der Waals surface area contributed by atoms with Gasteiger partial charge in [-0.15, -0.1) is 0 Å². The van der Waals surface area contributed by atoms with Crippen LogP contribution in [0.25, 0.3) is 0 Å². The van der Waals surface area contributed by atoms with Crippen molar-refractivity contribution in [2.24, 2.45) is 0 Å². The molecule has 0 heterocycles. The maximum atomic E-state index is 10.3. The molecule has 12 heavy (non-hydrogen) atoms. The molecule has 0 atom stereocenters.